The average Bonchev–Trinajstić information content (AvgIpc) is 4.00. The van der Waals surface area contributed by atoms with Gasteiger partial charge in [0.15, 0.2) is 0 Å². The molecule has 2 aliphatic rings. The number of rotatable bonds is 1. The lowest BCUT2D eigenvalue weighted by molar-refractivity contribution is 0.794. The van der Waals surface area contributed by atoms with E-state index in [2.05, 4.69) is 192 Å². The van der Waals surface area contributed by atoms with Crippen LogP contribution in [0.4, 0.5) is 0 Å². The van der Waals surface area contributed by atoms with Gasteiger partial charge in [-0.1, -0.05) is 158 Å². The Morgan fingerprint density at radius 1 is 0.351 bits per heavy atom. The van der Waals surface area contributed by atoms with E-state index in [1.54, 1.807) is 0 Å². The van der Waals surface area contributed by atoms with Gasteiger partial charge in [0.2, 0.25) is 0 Å². The van der Waals surface area contributed by atoms with Crippen LogP contribution in [-0.2, 0) is 5.41 Å². The van der Waals surface area contributed by atoms with E-state index >= 15 is 0 Å². The molecule has 0 atom stereocenters. The molecule has 9 aromatic carbocycles. The molecule has 1 nitrogen and oxygen atoms in total. The van der Waals surface area contributed by atoms with E-state index in [4.69, 9.17) is 0 Å². The van der Waals surface area contributed by atoms with Gasteiger partial charge in [0.25, 0.3) is 0 Å². The average molecular weight is 738 g/mol. The highest BCUT2D eigenvalue weighted by Gasteiger charge is 2.51. The van der Waals surface area contributed by atoms with E-state index in [0.29, 0.717) is 0 Å². The summed E-state index contributed by atoms with van der Waals surface area (Å²) in [5.41, 5.74) is 16.7. The Kier molecular flexibility index (Phi) is 5.65. The van der Waals surface area contributed by atoms with E-state index in [1.165, 1.54) is 125 Å². The van der Waals surface area contributed by atoms with Crippen LogP contribution in [0.1, 0.15) is 22.3 Å². The van der Waals surface area contributed by atoms with Crippen molar-refractivity contribution in [1.82, 2.24) is 4.40 Å². The molecule has 0 fully saturated rings. The third kappa shape index (κ3) is 3.58. The highest BCUT2D eigenvalue weighted by atomic mass is 32.1. The monoisotopic (exact) mass is 737 g/mol. The fourth-order valence-electron chi connectivity index (χ4n) is 11.3. The Bertz CT molecular complexity index is 3720. The normalized spacial score (nSPS) is 13.8. The second kappa shape index (κ2) is 10.6. The maximum atomic E-state index is 2.55. The summed E-state index contributed by atoms with van der Waals surface area (Å²) < 4.78 is 5.22. The van der Waals surface area contributed by atoms with Crippen LogP contribution in [0.15, 0.2) is 188 Å². The standard InChI is InChI=1S/C55H31NS/c1-5-22-43-34(13-1)35-14-2-6-23-44(35)55(43)45-24-7-3-16-41(45)51-33(17-10-25-46(51)55)32-29-30-48-42(31-32)40-21-9-20-39-38-19-12-28-50-53(38)52-37(18-11-27-49(52)57-50)36-15-4-8-26-47(36)56(48)54(39)40/h1-31H. The minimum absolute atomic E-state index is 0.369. The molecule has 12 aromatic rings. The molecule has 2 heteroatoms. The summed E-state index contributed by atoms with van der Waals surface area (Å²) in [4.78, 5) is 0. The fraction of sp³-hybridized carbons (Fsp3) is 0.0182. The van der Waals surface area contributed by atoms with Crippen molar-refractivity contribution in [2.24, 2.45) is 0 Å². The lowest BCUT2D eigenvalue weighted by Crippen LogP contribution is -2.25. The lowest BCUT2D eigenvalue weighted by atomic mass is 9.70. The van der Waals surface area contributed by atoms with Gasteiger partial charge in [0.05, 0.1) is 22.0 Å². The summed E-state index contributed by atoms with van der Waals surface area (Å²) in [7, 11) is 0. The molecule has 57 heavy (non-hydrogen) atoms. The molecule has 0 radical (unpaired) electrons. The minimum Gasteiger partial charge on any atom is -0.308 e. The zero-order valence-corrected chi connectivity index (χ0v) is 31.6. The van der Waals surface area contributed by atoms with Crippen molar-refractivity contribution in [3.63, 3.8) is 0 Å². The SMILES string of the molecule is c1ccc2c(c1)-c1ccccc1C21c2ccccc2-c2c(-c3ccc4c(c3)c3cccc5c6cccc7sc8cccc(c9ccccc9n4c53)c8c76)cccc21. The lowest BCUT2D eigenvalue weighted by Gasteiger charge is -2.30. The molecule has 0 bridgehead atoms. The van der Waals surface area contributed by atoms with Gasteiger partial charge >= 0.3 is 0 Å². The first-order valence-electron chi connectivity index (χ1n) is 19.9. The predicted octanol–water partition coefficient (Wildman–Crippen LogP) is 14.9. The van der Waals surface area contributed by atoms with Gasteiger partial charge in [-0.15, -0.1) is 11.3 Å². The van der Waals surface area contributed by atoms with Crippen LogP contribution in [-0.4, -0.2) is 4.40 Å². The maximum Gasteiger partial charge on any atom is 0.0725 e. The summed E-state index contributed by atoms with van der Waals surface area (Å²) in [5, 5.41) is 10.4. The predicted molar refractivity (Wildman–Crippen MR) is 242 cm³/mol. The van der Waals surface area contributed by atoms with Crippen LogP contribution >= 0.6 is 11.3 Å². The first-order chi connectivity index (χ1) is 28.3. The van der Waals surface area contributed by atoms with Crippen LogP contribution in [0.5, 0.6) is 0 Å². The fourth-order valence-corrected chi connectivity index (χ4v) is 12.5. The Morgan fingerprint density at radius 2 is 0.842 bits per heavy atom. The quantitative estimate of drug-likeness (QED) is 0.158. The third-order valence-corrected chi connectivity index (χ3v) is 14.5. The van der Waals surface area contributed by atoms with Gasteiger partial charge in [-0.3, -0.25) is 0 Å². The molecule has 262 valence electrons. The number of aromatic nitrogens is 1. The van der Waals surface area contributed by atoms with Crippen molar-refractivity contribution in [2.75, 3.05) is 0 Å². The highest BCUT2D eigenvalue weighted by Crippen LogP contribution is 2.64. The summed E-state index contributed by atoms with van der Waals surface area (Å²) >= 11 is 1.90. The van der Waals surface area contributed by atoms with Crippen molar-refractivity contribution in [3.8, 4) is 33.4 Å². The van der Waals surface area contributed by atoms with E-state index in [-0.39, 0.29) is 5.41 Å². The van der Waals surface area contributed by atoms with Crippen LogP contribution in [0, 0.1) is 0 Å². The molecule has 1 spiro atoms. The molecule has 0 unspecified atom stereocenters. The van der Waals surface area contributed by atoms with Crippen LogP contribution in [0.25, 0.3) is 102 Å². The molecule has 0 aliphatic heterocycles. The summed E-state index contributed by atoms with van der Waals surface area (Å²) in [6, 6.07) is 71.2. The first-order valence-corrected chi connectivity index (χ1v) is 20.7. The summed E-state index contributed by atoms with van der Waals surface area (Å²) in [6.45, 7) is 0. The van der Waals surface area contributed by atoms with E-state index in [9.17, 15) is 0 Å². The Morgan fingerprint density at radius 3 is 1.58 bits per heavy atom. The number of thiophene rings is 1. The number of hydrogen-bond donors (Lipinski definition) is 0. The highest BCUT2D eigenvalue weighted by molar-refractivity contribution is 7.26. The molecule has 0 N–H and O–H groups in total. The molecule has 3 aromatic heterocycles. The van der Waals surface area contributed by atoms with Gasteiger partial charge in [-0.25, -0.2) is 0 Å². The van der Waals surface area contributed by atoms with Crippen molar-refractivity contribution >= 4 is 80.4 Å². The number of fused-ring (bicyclic) bond motifs is 17. The molecule has 0 saturated carbocycles. The Balaban J connectivity index is 1.12. The topological polar surface area (TPSA) is 4.41 Å². The molecule has 14 rings (SSSR count). The third-order valence-electron chi connectivity index (χ3n) is 13.4. The number of benzene rings is 9. The smallest absolute Gasteiger partial charge is 0.0725 e. The Labute approximate surface area is 332 Å². The van der Waals surface area contributed by atoms with Gasteiger partial charge in [-0.2, -0.15) is 0 Å². The van der Waals surface area contributed by atoms with Crippen LogP contribution < -0.4 is 0 Å². The van der Waals surface area contributed by atoms with Gasteiger partial charge < -0.3 is 4.40 Å². The molecular formula is C55H31NS. The van der Waals surface area contributed by atoms with Crippen LogP contribution in [0.2, 0.25) is 0 Å². The molecular weight excluding hydrogens is 707 g/mol. The van der Waals surface area contributed by atoms with Gasteiger partial charge in [0.1, 0.15) is 0 Å². The van der Waals surface area contributed by atoms with E-state index in [0.717, 1.165) is 0 Å². The second-order valence-corrected chi connectivity index (χ2v) is 16.9. The number of hydrogen-bond acceptors (Lipinski definition) is 1. The molecule has 3 heterocycles. The molecule has 0 saturated heterocycles. The van der Waals surface area contributed by atoms with Gasteiger partial charge in [-0.05, 0) is 96.7 Å². The number of nitrogens with zero attached hydrogens (tertiary/aromatic N) is 1. The van der Waals surface area contributed by atoms with Crippen molar-refractivity contribution in [1.29, 1.82) is 0 Å². The van der Waals surface area contributed by atoms with E-state index in [1.807, 2.05) is 11.3 Å². The molecule has 0 amide bonds. The maximum absolute atomic E-state index is 2.55. The largest absolute Gasteiger partial charge is 0.308 e. The van der Waals surface area contributed by atoms with E-state index < -0.39 is 0 Å². The van der Waals surface area contributed by atoms with Crippen molar-refractivity contribution < 1.29 is 0 Å². The minimum atomic E-state index is -0.369. The Hall–Kier alpha value is -7.00. The molecule has 2 aliphatic carbocycles. The zero-order chi connectivity index (χ0) is 37.0. The zero-order valence-electron chi connectivity index (χ0n) is 30.8. The second-order valence-electron chi connectivity index (χ2n) is 15.9. The van der Waals surface area contributed by atoms with Crippen LogP contribution in [0.3, 0.4) is 0 Å². The van der Waals surface area contributed by atoms with Crippen molar-refractivity contribution in [2.45, 2.75) is 5.41 Å². The summed E-state index contributed by atoms with van der Waals surface area (Å²) in [6.07, 6.45) is 0. The summed E-state index contributed by atoms with van der Waals surface area (Å²) in [5.74, 6) is 0. The van der Waals surface area contributed by atoms with Gasteiger partial charge in [0, 0.05) is 41.7 Å². The number of para-hydroxylation sites is 2. The van der Waals surface area contributed by atoms with Crippen molar-refractivity contribution in [3.05, 3.63) is 210 Å². The first kappa shape index (κ1) is 30.2.